The van der Waals surface area contributed by atoms with Gasteiger partial charge in [-0.25, -0.2) is 12.7 Å². The van der Waals surface area contributed by atoms with Crippen molar-refractivity contribution in [2.24, 2.45) is 0 Å². The van der Waals surface area contributed by atoms with Crippen LogP contribution in [0.15, 0.2) is 18.2 Å². The van der Waals surface area contributed by atoms with Crippen molar-refractivity contribution >= 4 is 27.7 Å². The van der Waals surface area contributed by atoms with Crippen LogP contribution >= 0.6 is 11.8 Å². The molecule has 0 aromatic heterocycles. The van der Waals surface area contributed by atoms with Gasteiger partial charge in [-0.05, 0) is 31.0 Å². The van der Waals surface area contributed by atoms with Gasteiger partial charge in [-0.15, -0.1) is 0 Å². The number of hydrogen-bond acceptors (Lipinski definition) is 4. The van der Waals surface area contributed by atoms with Crippen molar-refractivity contribution in [2.75, 3.05) is 36.9 Å². The van der Waals surface area contributed by atoms with Gasteiger partial charge in [0.2, 0.25) is 10.0 Å². The van der Waals surface area contributed by atoms with Gasteiger partial charge in [0.15, 0.2) is 0 Å². The lowest BCUT2D eigenvalue weighted by molar-refractivity contribution is 0.0955. The Morgan fingerprint density at radius 1 is 1.27 bits per heavy atom. The van der Waals surface area contributed by atoms with E-state index in [2.05, 4.69) is 5.32 Å². The molecule has 0 radical (unpaired) electrons. The highest BCUT2D eigenvalue weighted by Crippen LogP contribution is 2.14. The van der Waals surface area contributed by atoms with Crippen LogP contribution in [0.4, 0.5) is 0 Å². The maximum absolute atomic E-state index is 12.2. The Morgan fingerprint density at radius 2 is 1.95 bits per heavy atom. The zero-order chi connectivity index (χ0) is 16.2. The molecule has 1 N–H and O–H groups in total. The number of nitrogens with one attached hydrogen (secondary N) is 1. The standard InChI is InChI=1S/C15H22N2O3S2/c1-12-4-3-5-14(13(12)2)15(18)16-6-11-22(19,20)17-7-9-21-10-8-17/h3-5H,6-11H2,1-2H3,(H,16,18). The van der Waals surface area contributed by atoms with E-state index in [0.717, 1.165) is 22.6 Å². The summed E-state index contributed by atoms with van der Waals surface area (Å²) in [7, 11) is -3.27. The summed E-state index contributed by atoms with van der Waals surface area (Å²) < 4.78 is 25.9. The lowest BCUT2D eigenvalue weighted by Crippen LogP contribution is -2.41. The van der Waals surface area contributed by atoms with Crippen LogP contribution in [0.3, 0.4) is 0 Å². The monoisotopic (exact) mass is 342 g/mol. The number of hydrogen-bond donors (Lipinski definition) is 1. The molecule has 5 nitrogen and oxygen atoms in total. The molecule has 0 spiro atoms. The van der Waals surface area contributed by atoms with Crippen molar-refractivity contribution in [3.8, 4) is 0 Å². The molecule has 1 amide bonds. The summed E-state index contributed by atoms with van der Waals surface area (Å²) in [5, 5.41) is 2.71. The van der Waals surface area contributed by atoms with Gasteiger partial charge in [-0.2, -0.15) is 11.8 Å². The smallest absolute Gasteiger partial charge is 0.251 e. The summed E-state index contributed by atoms with van der Waals surface area (Å²) in [4.78, 5) is 12.2. The molecular formula is C15H22N2O3S2. The Labute approximate surface area is 136 Å². The topological polar surface area (TPSA) is 66.5 Å². The molecule has 22 heavy (non-hydrogen) atoms. The van der Waals surface area contributed by atoms with Gasteiger partial charge in [-0.3, -0.25) is 4.79 Å². The third kappa shape index (κ3) is 4.24. The number of thioether (sulfide) groups is 1. The molecule has 0 bridgehead atoms. The molecule has 1 aliphatic rings. The molecule has 1 fully saturated rings. The minimum absolute atomic E-state index is 0.0474. The molecule has 0 atom stereocenters. The highest BCUT2D eigenvalue weighted by molar-refractivity contribution is 7.99. The quantitative estimate of drug-likeness (QED) is 0.879. The highest BCUT2D eigenvalue weighted by atomic mass is 32.2. The number of amides is 1. The molecule has 7 heteroatoms. The number of nitrogens with zero attached hydrogens (tertiary/aromatic N) is 1. The van der Waals surface area contributed by atoms with Gasteiger partial charge in [0.25, 0.3) is 5.91 Å². The summed E-state index contributed by atoms with van der Waals surface area (Å²) >= 11 is 1.77. The fraction of sp³-hybridized carbons (Fsp3) is 0.533. The van der Waals surface area contributed by atoms with Gasteiger partial charge < -0.3 is 5.32 Å². The molecular weight excluding hydrogens is 320 g/mol. The molecule has 1 saturated heterocycles. The Bertz CT molecular complexity index is 638. The van der Waals surface area contributed by atoms with E-state index >= 15 is 0 Å². The Kier molecular flexibility index (Phi) is 5.88. The van der Waals surface area contributed by atoms with Crippen LogP contribution in [0.1, 0.15) is 21.5 Å². The first kappa shape index (κ1) is 17.3. The average molecular weight is 342 g/mol. The molecule has 1 aromatic carbocycles. The van der Waals surface area contributed by atoms with Crippen molar-refractivity contribution in [1.82, 2.24) is 9.62 Å². The Morgan fingerprint density at radius 3 is 2.64 bits per heavy atom. The third-order valence-electron chi connectivity index (χ3n) is 3.86. The van der Waals surface area contributed by atoms with E-state index in [1.807, 2.05) is 26.0 Å². The number of rotatable bonds is 5. The van der Waals surface area contributed by atoms with Gasteiger partial charge in [0, 0.05) is 36.7 Å². The summed E-state index contributed by atoms with van der Waals surface area (Å²) in [5.74, 6) is 1.42. The van der Waals surface area contributed by atoms with Crippen molar-refractivity contribution in [3.05, 3.63) is 34.9 Å². The van der Waals surface area contributed by atoms with E-state index in [1.165, 1.54) is 4.31 Å². The molecule has 0 unspecified atom stereocenters. The van der Waals surface area contributed by atoms with Crippen molar-refractivity contribution < 1.29 is 13.2 Å². The predicted octanol–water partition coefficient (Wildman–Crippen LogP) is 1.41. The fourth-order valence-electron chi connectivity index (χ4n) is 2.34. The minimum atomic E-state index is -3.27. The maximum Gasteiger partial charge on any atom is 0.251 e. The van der Waals surface area contributed by atoms with Crippen molar-refractivity contribution in [3.63, 3.8) is 0 Å². The number of carbonyl (C=O) groups excluding carboxylic acids is 1. The molecule has 1 heterocycles. The summed E-state index contributed by atoms with van der Waals surface area (Å²) in [6.45, 7) is 5.12. The van der Waals surface area contributed by atoms with Crippen molar-refractivity contribution in [2.45, 2.75) is 13.8 Å². The van der Waals surface area contributed by atoms with Crippen molar-refractivity contribution in [1.29, 1.82) is 0 Å². The minimum Gasteiger partial charge on any atom is -0.351 e. The number of sulfonamides is 1. The van der Waals surface area contributed by atoms with Crippen LogP contribution in [0.2, 0.25) is 0 Å². The molecule has 0 saturated carbocycles. The van der Waals surface area contributed by atoms with Gasteiger partial charge in [-0.1, -0.05) is 12.1 Å². The predicted molar refractivity (Wildman–Crippen MR) is 90.9 cm³/mol. The van der Waals surface area contributed by atoms with Crippen LogP contribution < -0.4 is 5.32 Å². The molecule has 1 aliphatic heterocycles. The number of benzene rings is 1. The second kappa shape index (κ2) is 7.48. The first-order valence-electron chi connectivity index (χ1n) is 7.32. The van der Waals surface area contributed by atoms with Crippen LogP contribution in [-0.4, -0.2) is 55.5 Å². The SMILES string of the molecule is Cc1cccc(C(=O)NCCS(=O)(=O)N2CCSCC2)c1C. The highest BCUT2D eigenvalue weighted by Gasteiger charge is 2.23. The van der Waals surface area contributed by atoms with Gasteiger partial charge >= 0.3 is 0 Å². The van der Waals surface area contributed by atoms with E-state index in [0.29, 0.717) is 18.7 Å². The lowest BCUT2D eigenvalue weighted by atomic mass is 10.0. The largest absolute Gasteiger partial charge is 0.351 e. The van der Waals surface area contributed by atoms with E-state index in [9.17, 15) is 13.2 Å². The van der Waals surface area contributed by atoms with Crippen LogP contribution in [0.5, 0.6) is 0 Å². The van der Waals surface area contributed by atoms with E-state index < -0.39 is 10.0 Å². The zero-order valence-corrected chi connectivity index (χ0v) is 14.6. The Balaban J connectivity index is 1.90. The number of aryl methyl sites for hydroxylation is 1. The summed E-state index contributed by atoms with van der Waals surface area (Å²) in [5.41, 5.74) is 2.58. The lowest BCUT2D eigenvalue weighted by Gasteiger charge is -2.25. The maximum atomic E-state index is 12.2. The van der Waals surface area contributed by atoms with E-state index in [-0.39, 0.29) is 18.2 Å². The van der Waals surface area contributed by atoms with E-state index in [4.69, 9.17) is 0 Å². The Hall–Kier alpha value is -1.05. The molecule has 0 aliphatic carbocycles. The number of carbonyl (C=O) groups is 1. The van der Waals surface area contributed by atoms with E-state index in [1.54, 1.807) is 17.8 Å². The third-order valence-corrected chi connectivity index (χ3v) is 6.67. The second-order valence-corrected chi connectivity index (χ2v) is 8.64. The normalized spacial score (nSPS) is 16.5. The molecule has 122 valence electrons. The van der Waals surface area contributed by atoms with Gasteiger partial charge in [0.05, 0.1) is 5.75 Å². The van der Waals surface area contributed by atoms with Crippen LogP contribution in [0, 0.1) is 13.8 Å². The molecule has 1 aromatic rings. The fourth-order valence-corrected chi connectivity index (χ4v) is 4.83. The second-order valence-electron chi connectivity index (χ2n) is 5.33. The first-order chi connectivity index (χ1) is 10.4. The average Bonchev–Trinajstić information content (AvgIpc) is 2.50. The van der Waals surface area contributed by atoms with Crippen LogP contribution in [-0.2, 0) is 10.0 Å². The summed E-state index contributed by atoms with van der Waals surface area (Å²) in [6.07, 6.45) is 0. The first-order valence-corrected chi connectivity index (χ1v) is 10.1. The van der Waals surface area contributed by atoms with Gasteiger partial charge in [0.1, 0.15) is 0 Å². The van der Waals surface area contributed by atoms with Crippen LogP contribution in [0.25, 0.3) is 0 Å². The molecule has 2 rings (SSSR count). The summed E-state index contributed by atoms with van der Waals surface area (Å²) in [6, 6.07) is 5.54. The zero-order valence-electron chi connectivity index (χ0n) is 13.0.